The van der Waals surface area contributed by atoms with Crippen LogP contribution in [0.3, 0.4) is 0 Å². The molecule has 6 saturated carbocycles. The van der Waals surface area contributed by atoms with Crippen LogP contribution in [0.1, 0.15) is 12.8 Å². The summed E-state index contributed by atoms with van der Waals surface area (Å²) in [6.07, 6.45) is 2.56. The van der Waals surface area contributed by atoms with E-state index in [1.807, 2.05) is 0 Å². The van der Waals surface area contributed by atoms with Crippen molar-refractivity contribution in [3.63, 3.8) is 0 Å². The molecule has 0 aromatic rings. The fraction of sp³-hybridized carbons (Fsp3) is 0.857. The minimum absolute atomic E-state index is 0.0532. The van der Waals surface area contributed by atoms with Crippen molar-refractivity contribution in [2.24, 2.45) is 59.2 Å². The van der Waals surface area contributed by atoms with Crippen LogP contribution in [0.15, 0.2) is 0 Å². The Morgan fingerprint density at radius 3 is 1.61 bits per heavy atom. The van der Waals surface area contributed by atoms with Gasteiger partial charge in [0, 0.05) is 0 Å². The maximum Gasteiger partial charge on any atom is 0.318 e. The van der Waals surface area contributed by atoms with Gasteiger partial charge in [-0.25, -0.2) is 0 Å². The van der Waals surface area contributed by atoms with Crippen LogP contribution in [0, 0.1) is 59.2 Å². The van der Waals surface area contributed by atoms with Gasteiger partial charge in [0.15, 0.2) is 5.92 Å². The van der Waals surface area contributed by atoms with Crippen LogP contribution in [0.2, 0.25) is 0 Å². The molecule has 6 bridgehead atoms. The molecule has 6 aliphatic rings. The number of rotatable bonds is 3. The van der Waals surface area contributed by atoms with Gasteiger partial charge in [0.2, 0.25) is 0 Å². The van der Waals surface area contributed by atoms with Gasteiger partial charge in [0.25, 0.3) is 0 Å². The zero-order valence-electron chi connectivity index (χ0n) is 9.90. The van der Waals surface area contributed by atoms with E-state index in [1.165, 1.54) is 12.8 Å². The van der Waals surface area contributed by atoms with Gasteiger partial charge in [0.05, 0.1) is 0 Å². The summed E-state index contributed by atoms with van der Waals surface area (Å²) in [4.78, 5) is 22.7. The zero-order valence-corrected chi connectivity index (χ0v) is 9.90. The second-order valence-electron chi connectivity index (χ2n) is 7.17. The highest BCUT2D eigenvalue weighted by Crippen LogP contribution is 2.85. The van der Waals surface area contributed by atoms with Gasteiger partial charge in [-0.15, -0.1) is 0 Å². The summed E-state index contributed by atoms with van der Waals surface area (Å²) in [6.45, 7) is 0. The summed E-state index contributed by atoms with van der Waals surface area (Å²) in [7, 11) is 0. The lowest BCUT2D eigenvalue weighted by Gasteiger charge is -2.33. The molecule has 2 N–H and O–H groups in total. The molecule has 9 atom stereocenters. The van der Waals surface area contributed by atoms with E-state index in [1.54, 1.807) is 0 Å². The molecule has 0 heterocycles. The lowest BCUT2D eigenvalue weighted by molar-refractivity contribution is -0.158. The molecule has 0 aliphatic heterocycles. The predicted molar refractivity (Wildman–Crippen MR) is 59.4 cm³/mol. The average Bonchev–Trinajstić information content (AvgIpc) is 2.92. The third kappa shape index (κ3) is 0.733. The summed E-state index contributed by atoms with van der Waals surface area (Å²) in [6, 6.07) is 0. The van der Waals surface area contributed by atoms with Gasteiger partial charge in [-0.05, 0) is 66.1 Å². The normalized spacial score (nSPS) is 60.6. The number of hydrogen-bond acceptors (Lipinski definition) is 2. The molecule has 0 spiro atoms. The Morgan fingerprint density at radius 2 is 1.22 bits per heavy atom. The highest BCUT2D eigenvalue weighted by atomic mass is 16.4. The fourth-order valence-electron chi connectivity index (χ4n) is 7.57. The van der Waals surface area contributed by atoms with Crippen molar-refractivity contribution in [3.8, 4) is 0 Å². The molecule has 0 amide bonds. The Hall–Kier alpha value is -1.06. The third-order valence-electron chi connectivity index (χ3n) is 7.30. The van der Waals surface area contributed by atoms with Crippen molar-refractivity contribution in [3.05, 3.63) is 0 Å². The van der Waals surface area contributed by atoms with E-state index in [-0.39, 0.29) is 5.92 Å². The molecule has 0 aromatic heterocycles. The first-order valence-electron chi connectivity index (χ1n) is 7.07. The van der Waals surface area contributed by atoms with Gasteiger partial charge in [-0.3, -0.25) is 9.59 Å². The summed E-state index contributed by atoms with van der Waals surface area (Å²) in [5.74, 6) is 1.87. The predicted octanol–water partition coefficient (Wildman–Crippen LogP) is 1.17. The fourth-order valence-corrected chi connectivity index (χ4v) is 7.57. The van der Waals surface area contributed by atoms with Crippen molar-refractivity contribution in [1.29, 1.82) is 0 Å². The quantitative estimate of drug-likeness (QED) is 0.735. The Bertz CT molecular complexity index is 444. The van der Waals surface area contributed by atoms with Crippen molar-refractivity contribution in [2.45, 2.75) is 12.8 Å². The Kier molecular flexibility index (Phi) is 1.42. The topological polar surface area (TPSA) is 74.6 Å². The van der Waals surface area contributed by atoms with Crippen molar-refractivity contribution < 1.29 is 19.8 Å². The van der Waals surface area contributed by atoms with E-state index in [2.05, 4.69) is 0 Å². The van der Waals surface area contributed by atoms with Crippen LogP contribution in [0.25, 0.3) is 0 Å². The maximum absolute atomic E-state index is 11.3. The van der Waals surface area contributed by atoms with Gasteiger partial charge in [-0.2, -0.15) is 0 Å². The van der Waals surface area contributed by atoms with Crippen LogP contribution < -0.4 is 0 Å². The standard InChI is InChI=1S/C14H16O4/c15-13(16)12(14(17)18)11-9-5-1-3-4-2-6(7(3)9)10(11)8(4)5/h3-12H,1-2H2,(H,15,16)(H,17,18)/t3-,4?,5+,6?,7?,8?,9?,10?,11?/m0/s1. The van der Waals surface area contributed by atoms with Crippen molar-refractivity contribution >= 4 is 11.9 Å². The Balaban J connectivity index is 1.62. The van der Waals surface area contributed by atoms with E-state index in [9.17, 15) is 19.8 Å². The molecule has 0 aromatic carbocycles. The summed E-state index contributed by atoms with van der Waals surface area (Å²) < 4.78 is 0. The van der Waals surface area contributed by atoms with E-state index < -0.39 is 17.9 Å². The van der Waals surface area contributed by atoms with E-state index in [0.29, 0.717) is 35.5 Å². The van der Waals surface area contributed by atoms with Gasteiger partial charge >= 0.3 is 11.9 Å². The highest BCUT2D eigenvalue weighted by molar-refractivity contribution is 5.93. The molecule has 6 fully saturated rings. The molecule has 18 heavy (non-hydrogen) atoms. The lowest BCUT2D eigenvalue weighted by atomic mass is 9.71. The van der Waals surface area contributed by atoms with Crippen LogP contribution in [0.5, 0.6) is 0 Å². The smallest absolute Gasteiger partial charge is 0.318 e. The minimum atomic E-state index is -1.14. The number of carbonyl (C=O) groups is 2. The largest absolute Gasteiger partial charge is 0.481 e. The average molecular weight is 248 g/mol. The SMILES string of the molecule is O=C(O)C(C(=O)O)C1C2C3CC4C2[C@H]2C[C@@H]4C3C12. The monoisotopic (exact) mass is 248 g/mol. The minimum Gasteiger partial charge on any atom is -0.481 e. The summed E-state index contributed by atoms with van der Waals surface area (Å²) >= 11 is 0. The summed E-state index contributed by atoms with van der Waals surface area (Å²) in [5.41, 5.74) is 0. The number of carboxylic acids is 2. The van der Waals surface area contributed by atoms with Crippen LogP contribution in [-0.2, 0) is 9.59 Å². The summed E-state index contributed by atoms with van der Waals surface area (Å²) in [5, 5.41) is 18.6. The first kappa shape index (κ1) is 9.82. The van der Waals surface area contributed by atoms with Gasteiger partial charge < -0.3 is 10.2 Å². The molecular formula is C14H16O4. The second kappa shape index (κ2) is 2.61. The molecule has 6 rings (SSSR count). The maximum atomic E-state index is 11.3. The Morgan fingerprint density at radius 1 is 0.778 bits per heavy atom. The lowest BCUT2D eigenvalue weighted by Crippen LogP contribution is -2.34. The van der Waals surface area contributed by atoms with Gasteiger partial charge in [0.1, 0.15) is 0 Å². The molecular weight excluding hydrogens is 232 g/mol. The van der Waals surface area contributed by atoms with E-state index >= 15 is 0 Å². The van der Waals surface area contributed by atoms with Crippen molar-refractivity contribution in [1.82, 2.24) is 0 Å². The molecule has 0 saturated heterocycles. The molecule has 0 radical (unpaired) electrons. The van der Waals surface area contributed by atoms with Crippen LogP contribution >= 0.6 is 0 Å². The highest BCUT2D eigenvalue weighted by Gasteiger charge is 2.81. The van der Waals surface area contributed by atoms with Crippen molar-refractivity contribution in [2.75, 3.05) is 0 Å². The number of carboxylic acid groups (broad SMARTS) is 2. The first-order chi connectivity index (χ1) is 8.61. The second-order valence-corrected chi connectivity index (χ2v) is 7.17. The molecule has 96 valence electrons. The Labute approximate surface area is 104 Å². The van der Waals surface area contributed by atoms with Gasteiger partial charge in [-0.1, -0.05) is 0 Å². The number of aliphatic carboxylic acids is 2. The first-order valence-corrected chi connectivity index (χ1v) is 7.07. The molecule has 4 nitrogen and oxygen atoms in total. The molecule has 4 heteroatoms. The van der Waals surface area contributed by atoms with E-state index in [4.69, 9.17) is 0 Å². The van der Waals surface area contributed by atoms with E-state index in [0.717, 1.165) is 11.8 Å². The van der Waals surface area contributed by atoms with Crippen LogP contribution in [0.4, 0.5) is 0 Å². The zero-order chi connectivity index (χ0) is 12.3. The molecule has 7 unspecified atom stereocenters. The number of hydrogen-bond donors (Lipinski definition) is 2. The third-order valence-corrected chi connectivity index (χ3v) is 7.30. The molecule has 6 aliphatic carbocycles. The van der Waals surface area contributed by atoms with Crippen LogP contribution in [-0.4, -0.2) is 22.2 Å².